The number of rotatable bonds is 10. The van der Waals surface area contributed by atoms with Crippen LogP contribution in [0.5, 0.6) is 0 Å². The predicted molar refractivity (Wildman–Crippen MR) is 356 cm³/mol. The van der Waals surface area contributed by atoms with Crippen LogP contribution in [0, 0.1) is 57.9 Å². The molecule has 3 saturated carbocycles. The summed E-state index contributed by atoms with van der Waals surface area (Å²) in [7, 11) is 4.92. The zero-order valence-electron chi connectivity index (χ0n) is 53.3. The van der Waals surface area contributed by atoms with Crippen LogP contribution in [0.25, 0.3) is 0 Å². The molecular formula is C66H74F3N13O9S3. The minimum Gasteiger partial charge on any atom is -0.444 e. The van der Waals surface area contributed by atoms with Gasteiger partial charge in [-0.1, -0.05) is 35.3 Å². The molecular weight excluding hydrogens is 1270 g/mol. The number of nitrogens with two attached hydrogens (primary N) is 2. The molecule has 2 aromatic heterocycles. The first kappa shape index (κ1) is 70.1. The number of fused-ring (bicyclic) bond motifs is 3. The second-order valence-corrected chi connectivity index (χ2v) is 28.4. The third kappa shape index (κ3) is 16.3. The Bertz CT molecular complexity index is 3860. The Morgan fingerprint density at radius 2 is 0.904 bits per heavy atom. The first-order valence-corrected chi connectivity index (χ1v) is 33.1. The van der Waals surface area contributed by atoms with Gasteiger partial charge in [-0.2, -0.15) is 10.5 Å². The lowest BCUT2D eigenvalue weighted by molar-refractivity contribution is 0.0552. The number of alkyl carbamates (subject to hydrolysis) is 2. The Morgan fingerprint density at radius 3 is 1.27 bits per heavy atom. The van der Waals surface area contributed by atoms with Crippen LogP contribution in [0.3, 0.4) is 0 Å². The maximum absolute atomic E-state index is 15.4. The number of nitrogens with zero attached hydrogens (tertiary/aromatic N) is 7. The predicted octanol–water partition coefficient (Wildman–Crippen LogP) is 11.3. The second kappa shape index (κ2) is 29.2. The van der Waals surface area contributed by atoms with Crippen LogP contribution >= 0.6 is 35.3 Å². The Kier molecular flexibility index (Phi) is 21.7. The van der Waals surface area contributed by atoms with Gasteiger partial charge in [0, 0.05) is 122 Å². The van der Waals surface area contributed by atoms with Crippen molar-refractivity contribution < 1.29 is 56.0 Å². The van der Waals surface area contributed by atoms with Crippen molar-refractivity contribution in [2.24, 2.45) is 38.5 Å². The van der Waals surface area contributed by atoms with E-state index in [1.807, 2.05) is 12.1 Å². The van der Waals surface area contributed by atoms with Crippen LogP contribution in [-0.2, 0) is 40.3 Å². The van der Waals surface area contributed by atoms with Crippen molar-refractivity contribution in [3.05, 3.63) is 148 Å². The lowest BCUT2D eigenvalue weighted by Crippen LogP contribution is -2.42. The van der Waals surface area contributed by atoms with Crippen LogP contribution < -0.4 is 32.7 Å². The summed E-state index contributed by atoms with van der Waals surface area (Å²) in [5.41, 5.74) is 11.5. The number of nitrogens with one attached hydrogen (secondary N) is 4. The highest BCUT2D eigenvalue weighted by Gasteiger charge is 2.55. The molecule has 5 aromatic rings. The fraction of sp³-hybridized carbons (Fsp3) is 0.439. The van der Waals surface area contributed by atoms with Crippen molar-refractivity contribution in [2.75, 3.05) is 55.0 Å². The summed E-state index contributed by atoms with van der Waals surface area (Å²) in [6.07, 6.45) is 4.93. The number of hydrogen-bond donors (Lipinski definition) is 6. The number of amidine groups is 3. The molecule has 94 heavy (non-hydrogen) atoms. The van der Waals surface area contributed by atoms with E-state index in [0.29, 0.717) is 97.6 Å². The highest BCUT2D eigenvalue weighted by molar-refractivity contribution is 8.14. The minimum atomic E-state index is -0.992. The maximum atomic E-state index is 15.4. The number of amides is 4. The minimum absolute atomic E-state index is 0.0268. The summed E-state index contributed by atoms with van der Waals surface area (Å²) in [6.45, 7) is 10.7. The zero-order chi connectivity index (χ0) is 67.9. The number of hydrogen-bond acceptors (Lipinski definition) is 21. The van der Waals surface area contributed by atoms with Gasteiger partial charge in [-0.3, -0.25) is 35.2 Å². The van der Waals surface area contributed by atoms with Crippen molar-refractivity contribution >= 4 is 91.9 Å². The largest absolute Gasteiger partial charge is 0.444 e. The summed E-state index contributed by atoms with van der Waals surface area (Å²) >= 11 is 4.29. The summed E-state index contributed by atoms with van der Waals surface area (Å²) in [5, 5.41) is 29.9. The molecule has 0 bridgehead atoms. The fourth-order valence-electron chi connectivity index (χ4n) is 12.5. The van der Waals surface area contributed by atoms with E-state index in [4.69, 9.17) is 55.7 Å². The molecule has 3 aromatic carbocycles. The fourth-order valence-corrected chi connectivity index (χ4v) is 15.8. The number of halogens is 3. The highest BCUT2D eigenvalue weighted by atomic mass is 32.2. The highest BCUT2D eigenvalue weighted by Crippen LogP contribution is 2.55. The lowest BCUT2D eigenvalue weighted by atomic mass is 9.81. The monoisotopic (exact) mass is 1350 g/mol. The number of methoxy groups -OCH3 is 3. The number of nitrogen functional groups attached to an aromatic ring is 1. The van der Waals surface area contributed by atoms with Gasteiger partial charge in [-0.15, -0.1) is 0 Å². The summed E-state index contributed by atoms with van der Waals surface area (Å²) < 4.78 is 72.5. The van der Waals surface area contributed by atoms with E-state index in [-0.39, 0.29) is 53.3 Å². The quantitative estimate of drug-likeness (QED) is 0.0708. The van der Waals surface area contributed by atoms with Crippen molar-refractivity contribution in [1.29, 1.82) is 10.5 Å². The molecule has 3 aliphatic carbocycles. The molecule has 28 heteroatoms. The number of pyridine rings is 2. The molecule has 0 radical (unpaired) electrons. The average molecular weight is 1350 g/mol. The number of benzene rings is 3. The summed E-state index contributed by atoms with van der Waals surface area (Å²) in [5.74, 6) is 0.00168. The number of carbonyl (C=O) groups is 4. The maximum Gasteiger partial charge on any atom is 0.413 e. The number of carbonyl (C=O) groups excluding carboxylic acids is 4. The molecule has 5 heterocycles. The average Bonchev–Trinajstić information content (AvgIpc) is 1.55. The van der Waals surface area contributed by atoms with E-state index in [1.54, 1.807) is 81.1 Å². The van der Waals surface area contributed by atoms with Gasteiger partial charge in [-0.05, 0) is 140 Å². The Morgan fingerprint density at radius 1 is 0.532 bits per heavy atom. The van der Waals surface area contributed by atoms with Crippen LogP contribution in [0.15, 0.2) is 106 Å². The number of thioether (sulfide) groups is 3. The standard InChI is InChI=1S/C26H28FN5O4S.C21H20FN5O2S.C19H26FN3O3S/c1-25(2,3)36-24(34)31-23-32-26(11-18(35-4)9-16(26)14-37-23)19-10-17(6-7-20(19)27)30-22(33)21-8-5-15(12-28)13-29-21;1-29-15-6-13-11-30-20(24)27-21(13,8-15)16-7-14(3-4-17(16)22)26-19(28)18-5-2-12(9-23)10-25-18;1-18(2,3)26-17(24)22-16-23-19(14-8-12(21)5-6-15(14)20)9-13(25-4)7-11(19)10-27-16/h5-8,10,13,16,18H,9,11,14H2,1-4H3,(H,30,33)(H,31,32,34);2-5,7,10,13,15H,6,8,11H2,1H3,(H2,24,27)(H,26,28);5-6,8,11,13H,7,9-10,21H2,1-4H3,(H,22,23,24)/t16-,18+,26-;13-,15+,21-;11-,13+,19-/m000/s1. The molecule has 9 atom stereocenters. The van der Waals surface area contributed by atoms with Crippen LogP contribution in [0.2, 0.25) is 0 Å². The second-order valence-electron chi connectivity index (χ2n) is 25.4. The topological polar surface area (TPSA) is 325 Å². The van der Waals surface area contributed by atoms with Crippen LogP contribution in [0.1, 0.15) is 129 Å². The van der Waals surface area contributed by atoms with Gasteiger partial charge in [0.2, 0.25) is 0 Å². The molecule has 22 nitrogen and oxygen atoms in total. The Labute approximate surface area is 555 Å². The van der Waals surface area contributed by atoms with Gasteiger partial charge in [0.15, 0.2) is 15.5 Å². The van der Waals surface area contributed by atoms with Gasteiger partial charge >= 0.3 is 12.2 Å². The molecule has 3 aliphatic heterocycles. The van der Waals surface area contributed by atoms with Gasteiger partial charge < -0.3 is 45.8 Å². The molecule has 0 unspecified atom stereocenters. The number of aromatic nitrogens is 2. The molecule has 3 fully saturated rings. The summed E-state index contributed by atoms with van der Waals surface area (Å²) in [4.78, 5) is 72.2. The van der Waals surface area contributed by atoms with Crippen LogP contribution in [0.4, 0.5) is 39.8 Å². The molecule has 0 spiro atoms. The van der Waals surface area contributed by atoms with Gasteiger partial charge in [0.25, 0.3) is 11.8 Å². The first-order chi connectivity index (χ1) is 44.6. The van der Waals surface area contributed by atoms with Gasteiger partial charge in [-0.25, -0.2) is 32.7 Å². The Hall–Kier alpha value is -8.25. The normalized spacial score (nSPS) is 25.0. The first-order valence-electron chi connectivity index (χ1n) is 30.1. The van der Waals surface area contributed by atoms with Gasteiger partial charge in [0.1, 0.15) is 52.2 Å². The SMILES string of the molecule is CO[C@@H]1C[C@H]2CSC(N)=N[C@@]2(c2cc(NC(=O)c3ccc(C#N)cn3)ccc2F)C1.CO[C@@H]1C[C@H]2CSC(NC(=O)OC(C)(C)C)=N[C@@]2(c2cc(N)ccc2F)C1.CO[C@@H]1C[C@H]2CSC(NC(=O)OC(C)(C)C)=N[C@@]2(c2cc(NC(=O)c3ccc(C#N)cn3)ccc2F)C1. The number of anilines is 3. The van der Waals surface area contributed by atoms with E-state index in [2.05, 4.69) is 36.2 Å². The van der Waals surface area contributed by atoms with Crippen LogP contribution in [-0.4, -0.2) is 118 Å². The number of nitriles is 2. The number of ether oxygens (including phenoxy) is 5. The van der Waals surface area contributed by atoms with E-state index >= 15 is 4.39 Å². The molecule has 496 valence electrons. The van der Waals surface area contributed by atoms with E-state index < -0.39 is 63.5 Å². The third-order valence-electron chi connectivity index (χ3n) is 16.8. The zero-order valence-corrected chi connectivity index (χ0v) is 55.8. The molecule has 6 aliphatic rings. The number of aliphatic imine (C=N–C) groups is 3. The van der Waals surface area contributed by atoms with Crippen molar-refractivity contribution in [1.82, 2.24) is 20.6 Å². The lowest BCUT2D eigenvalue weighted by Gasteiger charge is -2.36. The molecule has 8 N–H and O–H groups in total. The smallest absolute Gasteiger partial charge is 0.413 e. The molecule has 4 amide bonds. The third-order valence-corrected chi connectivity index (χ3v) is 19.8. The van der Waals surface area contributed by atoms with Crippen molar-refractivity contribution in [3.63, 3.8) is 0 Å². The van der Waals surface area contributed by atoms with Crippen molar-refractivity contribution in [2.45, 2.75) is 126 Å². The van der Waals surface area contributed by atoms with Gasteiger partial charge in [0.05, 0.1) is 46.1 Å². The molecule has 11 rings (SSSR count). The van der Waals surface area contributed by atoms with Crippen molar-refractivity contribution in [3.8, 4) is 12.1 Å². The van der Waals surface area contributed by atoms with E-state index in [9.17, 15) is 28.0 Å². The Balaban J connectivity index is 0.000000168. The molecule has 0 saturated heterocycles. The summed E-state index contributed by atoms with van der Waals surface area (Å²) in [6, 6.07) is 23.2. The van der Waals surface area contributed by atoms with E-state index in [0.717, 1.165) is 18.6 Å². The van der Waals surface area contributed by atoms with E-state index in [1.165, 1.54) is 108 Å².